The van der Waals surface area contributed by atoms with Gasteiger partial charge in [-0.3, -0.25) is 0 Å². The summed E-state index contributed by atoms with van der Waals surface area (Å²) in [6.45, 7) is 2.03. The van der Waals surface area contributed by atoms with E-state index in [0.717, 1.165) is 10.6 Å². The zero-order valence-electron chi connectivity index (χ0n) is 8.41. The van der Waals surface area contributed by atoms with E-state index < -0.39 is 0 Å². The van der Waals surface area contributed by atoms with Crippen LogP contribution in [0.1, 0.15) is 5.56 Å². The molecule has 0 aromatic heterocycles. The molecule has 0 atom stereocenters. The van der Waals surface area contributed by atoms with Crippen LogP contribution in [0.15, 0.2) is 48.5 Å². The summed E-state index contributed by atoms with van der Waals surface area (Å²) in [7, 11) is 0. The fourth-order valence-corrected chi connectivity index (χ4v) is 3.43. The molecule has 0 spiro atoms. The number of aryl methyl sites for hydroxylation is 1. The molecule has 0 N–H and O–H groups in total. The monoisotopic (exact) mass is 282 g/mol. The van der Waals surface area contributed by atoms with Crippen LogP contribution in [0.2, 0.25) is 5.02 Å². The summed E-state index contributed by atoms with van der Waals surface area (Å²) >= 11 is 6.45. The third kappa shape index (κ3) is 2.85. The van der Waals surface area contributed by atoms with E-state index in [2.05, 4.69) is 42.5 Å². The Kier molecular flexibility index (Phi) is 3.48. The predicted octanol–water partition coefficient (Wildman–Crippen LogP) is 2.30. The van der Waals surface area contributed by atoms with Crippen molar-refractivity contribution in [3.05, 3.63) is 59.1 Å². The molecule has 0 fully saturated rings. The summed E-state index contributed by atoms with van der Waals surface area (Å²) in [4.78, 5) is 0. The van der Waals surface area contributed by atoms with Crippen molar-refractivity contribution in [2.75, 3.05) is 0 Å². The summed E-state index contributed by atoms with van der Waals surface area (Å²) in [6, 6.07) is 16.8. The molecule has 0 amide bonds. The second-order valence-electron chi connectivity index (χ2n) is 3.33. The molecule has 0 radical (unpaired) electrons. The molecule has 2 aromatic rings. The Morgan fingerprint density at radius 3 is 2.33 bits per heavy atom. The maximum atomic E-state index is 6.09. The van der Waals surface area contributed by atoms with Gasteiger partial charge in [0.05, 0.1) is 0 Å². The molecule has 0 aliphatic heterocycles. The van der Waals surface area contributed by atoms with Crippen molar-refractivity contribution in [1.82, 2.24) is 0 Å². The molecule has 2 aromatic carbocycles. The Bertz CT molecular complexity index is 451. The van der Waals surface area contributed by atoms with E-state index in [0.29, 0.717) is 15.0 Å². The molecule has 0 aliphatic carbocycles. The van der Waals surface area contributed by atoms with Crippen LogP contribution in [-0.2, 0) is 0 Å². The van der Waals surface area contributed by atoms with Crippen LogP contribution in [0.25, 0.3) is 0 Å². The van der Waals surface area contributed by atoms with Gasteiger partial charge in [0.1, 0.15) is 0 Å². The van der Waals surface area contributed by atoms with Gasteiger partial charge in [0.25, 0.3) is 0 Å². The van der Waals surface area contributed by atoms with E-state index in [4.69, 9.17) is 11.6 Å². The van der Waals surface area contributed by atoms with Gasteiger partial charge in [0.15, 0.2) is 0 Å². The van der Waals surface area contributed by atoms with Gasteiger partial charge in [-0.1, -0.05) is 0 Å². The molecule has 0 bridgehead atoms. The van der Waals surface area contributed by atoms with Crippen molar-refractivity contribution in [2.24, 2.45) is 0 Å². The Labute approximate surface area is 101 Å². The van der Waals surface area contributed by atoms with Crippen LogP contribution < -0.4 is 8.92 Å². The summed E-state index contributed by atoms with van der Waals surface area (Å²) in [5.41, 5.74) is 1.14. The minimum absolute atomic E-state index is 0.360. The number of benzene rings is 2. The molecular formula is C13H11ClSe. The first kappa shape index (κ1) is 10.8. The third-order valence-electron chi connectivity index (χ3n) is 2.12. The van der Waals surface area contributed by atoms with Gasteiger partial charge in [-0.05, 0) is 0 Å². The molecular weight excluding hydrogens is 271 g/mol. The maximum absolute atomic E-state index is 6.09. The van der Waals surface area contributed by atoms with Crippen molar-refractivity contribution in [1.29, 1.82) is 0 Å². The van der Waals surface area contributed by atoms with E-state index in [-0.39, 0.29) is 0 Å². The van der Waals surface area contributed by atoms with Gasteiger partial charge in [0.2, 0.25) is 0 Å². The summed E-state index contributed by atoms with van der Waals surface area (Å²) in [5.74, 6) is 0. The van der Waals surface area contributed by atoms with Crippen molar-refractivity contribution < 1.29 is 0 Å². The Morgan fingerprint density at radius 2 is 1.67 bits per heavy atom. The molecule has 0 unspecified atom stereocenters. The van der Waals surface area contributed by atoms with Crippen molar-refractivity contribution in [2.45, 2.75) is 6.92 Å². The molecule has 0 saturated carbocycles. The van der Waals surface area contributed by atoms with Gasteiger partial charge < -0.3 is 0 Å². The van der Waals surface area contributed by atoms with Crippen LogP contribution in [0, 0.1) is 6.92 Å². The zero-order valence-corrected chi connectivity index (χ0v) is 10.9. The Morgan fingerprint density at radius 1 is 0.933 bits per heavy atom. The fourth-order valence-electron chi connectivity index (χ4n) is 1.26. The number of hydrogen-bond donors (Lipinski definition) is 0. The second kappa shape index (κ2) is 4.85. The molecule has 76 valence electrons. The van der Waals surface area contributed by atoms with Crippen molar-refractivity contribution in [3.63, 3.8) is 0 Å². The summed E-state index contributed by atoms with van der Waals surface area (Å²) in [5, 5.41) is 0.866. The second-order valence-corrected chi connectivity index (χ2v) is 6.14. The van der Waals surface area contributed by atoms with E-state index in [1.807, 2.05) is 13.0 Å². The first-order valence-electron chi connectivity index (χ1n) is 4.75. The van der Waals surface area contributed by atoms with Crippen LogP contribution in [0.4, 0.5) is 0 Å². The standard InChI is InChI=1S/C13H11ClSe/c1-10-7-8-12(9-13(10)14)15-11-5-3-2-4-6-11/h2-9H,1H3. The Balaban J connectivity index is 2.22. The normalized spacial score (nSPS) is 10.3. The molecule has 0 saturated heterocycles. The predicted molar refractivity (Wildman–Crippen MR) is 67.7 cm³/mol. The SMILES string of the molecule is Cc1ccc([Se]c2ccccc2)cc1Cl. The first-order chi connectivity index (χ1) is 7.25. The van der Waals surface area contributed by atoms with Gasteiger partial charge in [0, 0.05) is 0 Å². The number of halogens is 1. The van der Waals surface area contributed by atoms with Crippen LogP contribution in [-0.4, -0.2) is 15.0 Å². The van der Waals surface area contributed by atoms with E-state index in [9.17, 15) is 0 Å². The van der Waals surface area contributed by atoms with Gasteiger partial charge in [-0.2, -0.15) is 0 Å². The average molecular weight is 282 g/mol. The zero-order chi connectivity index (χ0) is 10.7. The van der Waals surface area contributed by atoms with Crippen LogP contribution in [0.3, 0.4) is 0 Å². The number of hydrogen-bond acceptors (Lipinski definition) is 0. The van der Waals surface area contributed by atoms with Gasteiger partial charge in [-0.15, -0.1) is 0 Å². The molecule has 0 aliphatic rings. The van der Waals surface area contributed by atoms with E-state index in [1.54, 1.807) is 0 Å². The van der Waals surface area contributed by atoms with E-state index in [1.165, 1.54) is 8.92 Å². The molecule has 15 heavy (non-hydrogen) atoms. The fraction of sp³-hybridized carbons (Fsp3) is 0.0769. The molecule has 2 rings (SSSR count). The van der Waals surface area contributed by atoms with Crippen molar-refractivity contribution in [3.8, 4) is 0 Å². The van der Waals surface area contributed by atoms with Gasteiger partial charge in [-0.25, -0.2) is 0 Å². The number of rotatable bonds is 2. The van der Waals surface area contributed by atoms with Crippen molar-refractivity contribution >= 4 is 35.5 Å². The first-order valence-corrected chi connectivity index (χ1v) is 6.84. The summed E-state index contributed by atoms with van der Waals surface area (Å²) in [6.07, 6.45) is 0. The minimum atomic E-state index is 0.360. The van der Waals surface area contributed by atoms with E-state index >= 15 is 0 Å². The van der Waals surface area contributed by atoms with Crippen LogP contribution >= 0.6 is 11.6 Å². The topological polar surface area (TPSA) is 0 Å². The summed E-state index contributed by atoms with van der Waals surface area (Å²) < 4.78 is 2.70. The average Bonchev–Trinajstić information content (AvgIpc) is 2.25. The van der Waals surface area contributed by atoms with Gasteiger partial charge >= 0.3 is 102 Å². The molecule has 2 heteroatoms. The molecule has 0 nitrogen and oxygen atoms in total. The Hall–Kier alpha value is -0.751. The van der Waals surface area contributed by atoms with Crippen LogP contribution in [0.5, 0.6) is 0 Å². The quantitative estimate of drug-likeness (QED) is 0.741. The molecule has 0 heterocycles. The third-order valence-corrected chi connectivity index (χ3v) is 4.62.